The van der Waals surface area contributed by atoms with Gasteiger partial charge in [-0.05, 0) is 37.2 Å². The summed E-state index contributed by atoms with van der Waals surface area (Å²) in [5.74, 6) is -0.568. The number of carboxylic acids is 1. The van der Waals surface area contributed by atoms with E-state index in [0.29, 0.717) is 12.5 Å². The molecule has 1 saturated carbocycles. The third-order valence-corrected chi connectivity index (χ3v) is 6.09. The van der Waals surface area contributed by atoms with Gasteiger partial charge in [0.25, 0.3) is 0 Å². The van der Waals surface area contributed by atoms with Gasteiger partial charge < -0.3 is 14.7 Å². The highest BCUT2D eigenvalue weighted by Gasteiger charge is 2.52. The Morgan fingerprint density at radius 2 is 1.92 bits per heavy atom. The van der Waals surface area contributed by atoms with Crippen LogP contribution in [0, 0.1) is 17.3 Å². The third-order valence-electron chi connectivity index (χ3n) is 6.09. The molecule has 2 fully saturated rings. The first-order valence-electron chi connectivity index (χ1n) is 9.22. The molecule has 136 valence electrons. The molecule has 0 radical (unpaired) electrons. The Hall–Kier alpha value is -2.04. The van der Waals surface area contributed by atoms with Crippen molar-refractivity contribution in [3.05, 3.63) is 35.9 Å². The quantitative estimate of drug-likeness (QED) is 0.898. The Balaban J connectivity index is 1.63. The average molecular weight is 345 g/mol. The highest BCUT2D eigenvalue weighted by Crippen LogP contribution is 2.49. The Morgan fingerprint density at radius 3 is 2.52 bits per heavy atom. The van der Waals surface area contributed by atoms with Gasteiger partial charge in [-0.15, -0.1) is 0 Å². The maximum atomic E-state index is 12.4. The second kappa shape index (κ2) is 7.46. The fourth-order valence-electron chi connectivity index (χ4n) is 4.43. The first kappa shape index (κ1) is 17.8. The van der Waals surface area contributed by atoms with Crippen LogP contribution in [0.2, 0.25) is 0 Å². The minimum atomic E-state index is -0.784. The van der Waals surface area contributed by atoms with Gasteiger partial charge in [-0.25, -0.2) is 4.79 Å². The molecule has 0 bridgehead atoms. The first-order valence-corrected chi connectivity index (χ1v) is 9.22. The highest BCUT2D eigenvalue weighted by molar-refractivity contribution is 5.75. The van der Waals surface area contributed by atoms with Crippen LogP contribution in [0.1, 0.15) is 44.6 Å². The topological polar surface area (TPSA) is 66.8 Å². The molecule has 1 aromatic carbocycles. The number of ether oxygens (including phenoxy) is 1. The number of hydrogen-bond acceptors (Lipinski definition) is 3. The minimum absolute atomic E-state index is 0.221. The van der Waals surface area contributed by atoms with Crippen LogP contribution in [0.5, 0.6) is 0 Å². The lowest BCUT2D eigenvalue weighted by molar-refractivity contribution is -0.145. The van der Waals surface area contributed by atoms with Crippen molar-refractivity contribution >= 4 is 12.1 Å². The summed E-state index contributed by atoms with van der Waals surface area (Å²) in [7, 11) is 0. The summed E-state index contributed by atoms with van der Waals surface area (Å²) in [6.45, 7) is 3.19. The number of amides is 1. The van der Waals surface area contributed by atoms with Crippen LogP contribution in [0.25, 0.3) is 0 Å². The summed E-state index contributed by atoms with van der Waals surface area (Å²) in [5, 5.41) is 9.68. The van der Waals surface area contributed by atoms with E-state index < -0.39 is 18.0 Å². The molecule has 3 rings (SSSR count). The summed E-state index contributed by atoms with van der Waals surface area (Å²) in [5.41, 5.74) is 0.659. The predicted octanol–water partition coefficient (Wildman–Crippen LogP) is 3.93. The number of carboxylic acid groups (broad SMARTS) is 1. The fraction of sp³-hybridized carbons (Fsp3) is 0.600. The van der Waals surface area contributed by atoms with Crippen LogP contribution < -0.4 is 0 Å². The van der Waals surface area contributed by atoms with Crippen LogP contribution in [0.3, 0.4) is 0 Å². The van der Waals surface area contributed by atoms with Gasteiger partial charge in [-0.2, -0.15) is 0 Å². The van der Waals surface area contributed by atoms with Crippen LogP contribution in [0.4, 0.5) is 4.79 Å². The van der Waals surface area contributed by atoms with E-state index in [1.165, 1.54) is 0 Å². The average Bonchev–Trinajstić information content (AvgIpc) is 3.01. The molecule has 5 nitrogen and oxygen atoms in total. The van der Waals surface area contributed by atoms with E-state index in [0.717, 1.165) is 37.7 Å². The molecule has 1 unspecified atom stereocenters. The number of rotatable bonds is 4. The molecule has 5 heteroatoms. The lowest BCUT2D eigenvalue weighted by Crippen LogP contribution is -2.38. The monoisotopic (exact) mass is 345 g/mol. The minimum Gasteiger partial charge on any atom is -0.481 e. The van der Waals surface area contributed by atoms with Gasteiger partial charge in [-0.3, -0.25) is 4.79 Å². The van der Waals surface area contributed by atoms with E-state index in [-0.39, 0.29) is 18.6 Å². The van der Waals surface area contributed by atoms with Crippen molar-refractivity contribution in [3.8, 4) is 0 Å². The molecule has 1 saturated heterocycles. The Kier molecular flexibility index (Phi) is 5.30. The standard InChI is InChI=1S/C20H27NO4/c1-2-15-8-10-20(11-9-15)14-21(12-17(20)18(22)23)19(24)25-13-16-6-4-3-5-7-16/h3-7,15,17H,2,8-14H2,1H3,(H,22,23). The highest BCUT2D eigenvalue weighted by atomic mass is 16.6. The van der Waals surface area contributed by atoms with E-state index in [4.69, 9.17) is 4.74 Å². The van der Waals surface area contributed by atoms with Gasteiger partial charge in [0.15, 0.2) is 0 Å². The van der Waals surface area contributed by atoms with Crippen molar-refractivity contribution < 1.29 is 19.4 Å². The molecule has 1 atom stereocenters. The van der Waals surface area contributed by atoms with Gasteiger partial charge in [0.2, 0.25) is 0 Å². The van der Waals surface area contributed by atoms with Gasteiger partial charge in [-0.1, -0.05) is 43.7 Å². The summed E-state index contributed by atoms with van der Waals surface area (Å²) >= 11 is 0. The molecule has 25 heavy (non-hydrogen) atoms. The van der Waals surface area contributed by atoms with Crippen molar-refractivity contribution in [1.82, 2.24) is 4.90 Å². The summed E-state index contributed by atoms with van der Waals surface area (Å²) in [6, 6.07) is 9.54. The van der Waals surface area contributed by atoms with Gasteiger partial charge in [0.05, 0.1) is 5.92 Å². The Morgan fingerprint density at radius 1 is 1.24 bits per heavy atom. The zero-order valence-electron chi connectivity index (χ0n) is 14.8. The molecular weight excluding hydrogens is 318 g/mol. The van der Waals surface area contributed by atoms with Gasteiger partial charge in [0.1, 0.15) is 6.61 Å². The van der Waals surface area contributed by atoms with Crippen molar-refractivity contribution in [3.63, 3.8) is 0 Å². The maximum absolute atomic E-state index is 12.4. The van der Waals surface area contributed by atoms with E-state index in [9.17, 15) is 14.7 Å². The van der Waals surface area contributed by atoms with Crippen molar-refractivity contribution in [2.75, 3.05) is 13.1 Å². The van der Waals surface area contributed by atoms with Gasteiger partial charge >= 0.3 is 12.1 Å². The zero-order valence-corrected chi connectivity index (χ0v) is 14.8. The van der Waals surface area contributed by atoms with Gasteiger partial charge in [0, 0.05) is 18.5 Å². The van der Waals surface area contributed by atoms with Crippen LogP contribution in [-0.2, 0) is 16.1 Å². The lowest BCUT2D eigenvalue weighted by atomic mass is 9.65. The second-order valence-corrected chi connectivity index (χ2v) is 7.53. The number of nitrogens with zero attached hydrogens (tertiary/aromatic N) is 1. The second-order valence-electron chi connectivity index (χ2n) is 7.53. The summed E-state index contributed by atoms with van der Waals surface area (Å²) in [6.07, 6.45) is 4.66. The zero-order chi connectivity index (χ0) is 17.9. The molecule has 1 amide bonds. The third kappa shape index (κ3) is 3.80. The largest absolute Gasteiger partial charge is 0.481 e. The Labute approximate surface area is 149 Å². The number of carbonyl (C=O) groups excluding carboxylic acids is 1. The van der Waals surface area contributed by atoms with E-state index in [1.54, 1.807) is 4.90 Å². The van der Waals surface area contributed by atoms with Crippen molar-refractivity contribution in [1.29, 1.82) is 0 Å². The van der Waals surface area contributed by atoms with Crippen LogP contribution >= 0.6 is 0 Å². The maximum Gasteiger partial charge on any atom is 0.410 e. The van der Waals surface area contributed by atoms with Crippen molar-refractivity contribution in [2.24, 2.45) is 17.3 Å². The Bertz CT molecular complexity index is 607. The fourth-order valence-corrected chi connectivity index (χ4v) is 4.43. The lowest BCUT2D eigenvalue weighted by Gasteiger charge is -2.39. The number of hydrogen-bond donors (Lipinski definition) is 1. The first-order chi connectivity index (χ1) is 12.0. The molecule has 1 aromatic rings. The van der Waals surface area contributed by atoms with E-state index in [1.807, 2.05) is 30.3 Å². The molecule has 1 N–H and O–H groups in total. The summed E-state index contributed by atoms with van der Waals surface area (Å²) < 4.78 is 5.41. The van der Waals surface area contributed by atoms with E-state index in [2.05, 4.69) is 6.92 Å². The SMILES string of the molecule is CCC1CCC2(CC1)CN(C(=O)OCc1ccccc1)CC2C(=O)O. The molecular formula is C20H27NO4. The number of aliphatic carboxylic acids is 1. The molecule has 1 aliphatic heterocycles. The smallest absolute Gasteiger partial charge is 0.410 e. The predicted molar refractivity (Wildman–Crippen MR) is 94.0 cm³/mol. The normalized spacial score (nSPS) is 28.9. The number of likely N-dealkylation sites (tertiary alicyclic amines) is 1. The summed E-state index contributed by atoms with van der Waals surface area (Å²) in [4.78, 5) is 25.8. The van der Waals surface area contributed by atoms with Crippen LogP contribution in [0.15, 0.2) is 30.3 Å². The molecule has 1 aliphatic carbocycles. The molecule has 0 aromatic heterocycles. The van der Waals surface area contributed by atoms with Crippen LogP contribution in [-0.4, -0.2) is 35.2 Å². The number of carbonyl (C=O) groups is 2. The van der Waals surface area contributed by atoms with Crippen molar-refractivity contribution in [2.45, 2.75) is 45.6 Å². The number of benzene rings is 1. The molecule has 1 heterocycles. The molecule has 2 aliphatic rings. The molecule has 1 spiro atoms. The van der Waals surface area contributed by atoms with E-state index >= 15 is 0 Å².